The van der Waals surface area contributed by atoms with Crippen LogP contribution in [0.2, 0.25) is 0 Å². The quantitative estimate of drug-likeness (QED) is 0.121. The Morgan fingerprint density at radius 1 is 0.900 bits per heavy atom. The molecule has 15 heteroatoms. The van der Waals surface area contributed by atoms with Gasteiger partial charge in [0.25, 0.3) is 0 Å². The predicted molar refractivity (Wildman–Crippen MR) is 103 cm³/mol. The maximum absolute atomic E-state index is 12.4. The minimum absolute atomic E-state index is 0.321. The first-order valence-electron chi connectivity index (χ1n) is 8.48. The van der Waals surface area contributed by atoms with Gasteiger partial charge in [0.15, 0.2) is 0 Å². The molecule has 5 atom stereocenters. The normalized spacial score (nSPS) is 15.6. The second kappa shape index (κ2) is 12.6. The molecule has 0 saturated carbocycles. The number of aliphatic carboxylic acids is 2. The number of carboxylic acid groups (broad SMARTS) is 2. The lowest BCUT2D eigenvalue weighted by Gasteiger charge is -2.25. The third kappa shape index (κ3) is 9.53. The Hall–Kier alpha value is -2.91. The largest absolute Gasteiger partial charge is 0.481 e. The molecule has 10 N–H and O–H groups in total. The van der Waals surface area contributed by atoms with Crippen molar-refractivity contribution in [2.24, 2.45) is 11.5 Å². The second-order valence-electron chi connectivity index (χ2n) is 6.24. The molecular formula is C15H25N5O9S. The van der Waals surface area contributed by atoms with Gasteiger partial charge in [-0.2, -0.15) is 12.6 Å². The third-order valence-corrected chi connectivity index (χ3v) is 3.99. The molecule has 0 aromatic heterocycles. The molecule has 0 aliphatic carbocycles. The molecule has 170 valence electrons. The Morgan fingerprint density at radius 3 is 1.83 bits per heavy atom. The van der Waals surface area contributed by atoms with Crippen molar-refractivity contribution in [3.8, 4) is 0 Å². The van der Waals surface area contributed by atoms with Crippen LogP contribution in [-0.2, 0) is 28.8 Å². The molecule has 4 amide bonds. The zero-order valence-electron chi connectivity index (χ0n) is 15.9. The van der Waals surface area contributed by atoms with E-state index in [1.807, 2.05) is 5.32 Å². The predicted octanol–water partition coefficient (Wildman–Crippen LogP) is -4.49. The van der Waals surface area contributed by atoms with E-state index in [9.17, 15) is 33.9 Å². The maximum atomic E-state index is 12.4. The SMILES string of the molecule is CC(O)C(NC(=O)C(N)CC(N)=O)C(=O)NC(CS)C(=O)NC(CC(=O)O)C(=O)O. The van der Waals surface area contributed by atoms with Crippen molar-refractivity contribution in [3.63, 3.8) is 0 Å². The van der Waals surface area contributed by atoms with Gasteiger partial charge >= 0.3 is 11.9 Å². The van der Waals surface area contributed by atoms with E-state index in [0.717, 1.165) is 6.92 Å². The third-order valence-electron chi connectivity index (χ3n) is 3.63. The number of nitrogens with two attached hydrogens (primary N) is 2. The Balaban J connectivity index is 5.19. The number of carboxylic acids is 2. The van der Waals surface area contributed by atoms with E-state index in [1.54, 1.807) is 0 Å². The Kier molecular flexibility index (Phi) is 11.4. The average molecular weight is 451 g/mol. The van der Waals surface area contributed by atoms with E-state index in [-0.39, 0.29) is 5.75 Å². The molecule has 0 saturated heterocycles. The standard InChI is InChI=1S/C15H25N5O9S/c1-5(21)11(20-12(25)6(16)2-9(17)22)14(27)19-8(4-30)13(26)18-7(15(28)29)3-10(23)24/h5-8,11,21,30H,2-4,16H2,1H3,(H2,17,22)(H,18,26)(H,19,27)(H,20,25)(H,23,24)(H,28,29). The number of primary amides is 1. The topological polar surface area (TPSA) is 251 Å². The van der Waals surface area contributed by atoms with Crippen molar-refractivity contribution in [2.45, 2.75) is 50.0 Å². The monoisotopic (exact) mass is 451 g/mol. The number of nitrogens with one attached hydrogen (secondary N) is 3. The molecule has 0 radical (unpaired) electrons. The molecule has 0 spiro atoms. The van der Waals surface area contributed by atoms with Crippen LogP contribution in [0, 0.1) is 0 Å². The highest BCUT2D eigenvalue weighted by Gasteiger charge is 2.32. The molecule has 0 aromatic carbocycles. The summed E-state index contributed by atoms with van der Waals surface area (Å²) in [4.78, 5) is 69.1. The molecule has 0 heterocycles. The lowest BCUT2D eigenvalue weighted by molar-refractivity contribution is -0.147. The van der Waals surface area contributed by atoms with Crippen LogP contribution in [0.1, 0.15) is 19.8 Å². The van der Waals surface area contributed by atoms with Gasteiger partial charge < -0.3 is 42.7 Å². The highest BCUT2D eigenvalue weighted by molar-refractivity contribution is 7.80. The van der Waals surface area contributed by atoms with Gasteiger partial charge in [0.05, 0.1) is 25.0 Å². The minimum Gasteiger partial charge on any atom is -0.481 e. The summed E-state index contributed by atoms with van der Waals surface area (Å²) >= 11 is 3.87. The summed E-state index contributed by atoms with van der Waals surface area (Å²) < 4.78 is 0. The summed E-state index contributed by atoms with van der Waals surface area (Å²) in [5.74, 6) is -7.31. The maximum Gasteiger partial charge on any atom is 0.326 e. The minimum atomic E-state index is -1.76. The van der Waals surface area contributed by atoms with Crippen LogP contribution in [0.3, 0.4) is 0 Å². The first-order valence-corrected chi connectivity index (χ1v) is 9.11. The first-order chi connectivity index (χ1) is 13.8. The Labute approximate surface area is 176 Å². The number of hydrogen-bond acceptors (Lipinski definition) is 9. The number of hydrogen-bond donors (Lipinski definition) is 9. The molecule has 0 aliphatic rings. The zero-order valence-corrected chi connectivity index (χ0v) is 16.8. The fourth-order valence-electron chi connectivity index (χ4n) is 2.08. The second-order valence-corrected chi connectivity index (χ2v) is 6.61. The summed E-state index contributed by atoms with van der Waals surface area (Å²) in [6.07, 6.45) is -2.86. The van der Waals surface area contributed by atoms with Gasteiger partial charge in [0.1, 0.15) is 18.1 Å². The van der Waals surface area contributed by atoms with E-state index in [1.165, 1.54) is 0 Å². The molecule has 5 unspecified atom stereocenters. The van der Waals surface area contributed by atoms with Crippen LogP contribution in [0.25, 0.3) is 0 Å². The van der Waals surface area contributed by atoms with Gasteiger partial charge in [-0.25, -0.2) is 4.79 Å². The summed E-state index contributed by atoms with van der Waals surface area (Å²) in [6.45, 7) is 1.16. The van der Waals surface area contributed by atoms with Gasteiger partial charge in [0.2, 0.25) is 23.6 Å². The highest BCUT2D eigenvalue weighted by atomic mass is 32.1. The smallest absolute Gasteiger partial charge is 0.326 e. The lowest BCUT2D eigenvalue weighted by Crippen LogP contribution is -2.60. The summed E-state index contributed by atoms with van der Waals surface area (Å²) in [6, 6.07) is -6.14. The summed E-state index contributed by atoms with van der Waals surface area (Å²) in [5.41, 5.74) is 10.4. The van der Waals surface area contributed by atoms with Crippen LogP contribution in [0.5, 0.6) is 0 Å². The van der Waals surface area contributed by atoms with E-state index < -0.39 is 78.7 Å². The van der Waals surface area contributed by atoms with Crippen LogP contribution in [0.15, 0.2) is 0 Å². The Bertz CT molecular complexity index is 687. The average Bonchev–Trinajstić information content (AvgIpc) is 2.61. The molecular weight excluding hydrogens is 426 g/mol. The van der Waals surface area contributed by atoms with Crippen molar-refractivity contribution < 1.29 is 44.1 Å². The van der Waals surface area contributed by atoms with E-state index in [0.29, 0.717) is 0 Å². The van der Waals surface area contributed by atoms with Crippen molar-refractivity contribution in [1.82, 2.24) is 16.0 Å². The molecule has 0 bridgehead atoms. The van der Waals surface area contributed by atoms with Crippen molar-refractivity contribution in [2.75, 3.05) is 5.75 Å². The van der Waals surface area contributed by atoms with E-state index >= 15 is 0 Å². The van der Waals surface area contributed by atoms with Gasteiger partial charge in [0, 0.05) is 5.75 Å². The van der Waals surface area contributed by atoms with Gasteiger partial charge in [-0.15, -0.1) is 0 Å². The molecule has 0 aliphatic heterocycles. The number of rotatable bonds is 13. The highest BCUT2D eigenvalue weighted by Crippen LogP contribution is 2.00. The number of amides is 4. The molecule has 14 nitrogen and oxygen atoms in total. The molecule has 0 rings (SSSR count). The number of thiol groups is 1. The molecule has 0 fully saturated rings. The number of carbonyl (C=O) groups is 6. The van der Waals surface area contributed by atoms with Crippen LogP contribution < -0.4 is 27.4 Å². The van der Waals surface area contributed by atoms with Crippen molar-refractivity contribution >= 4 is 48.2 Å². The molecule has 0 aromatic rings. The van der Waals surface area contributed by atoms with Gasteiger partial charge in [-0.1, -0.05) is 0 Å². The fraction of sp³-hybridized carbons (Fsp3) is 0.600. The van der Waals surface area contributed by atoms with Crippen LogP contribution in [-0.4, -0.2) is 86.9 Å². The first kappa shape index (κ1) is 27.1. The number of carbonyl (C=O) groups excluding carboxylic acids is 4. The van der Waals surface area contributed by atoms with Crippen LogP contribution >= 0.6 is 12.6 Å². The lowest BCUT2D eigenvalue weighted by atomic mass is 10.1. The summed E-state index contributed by atoms with van der Waals surface area (Å²) in [5, 5.41) is 33.7. The Morgan fingerprint density at radius 2 is 1.43 bits per heavy atom. The zero-order chi connectivity index (χ0) is 23.6. The van der Waals surface area contributed by atoms with Gasteiger partial charge in [-0.3, -0.25) is 24.0 Å². The van der Waals surface area contributed by atoms with E-state index in [2.05, 4.69) is 23.3 Å². The summed E-state index contributed by atoms with van der Waals surface area (Å²) in [7, 11) is 0. The van der Waals surface area contributed by atoms with E-state index in [4.69, 9.17) is 21.7 Å². The van der Waals surface area contributed by atoms with Crippen molar-refractivity contribution in [3.05, 3.63) is 0 Å². The molecule has 30 heavy (non-hydrogen) atoms. The fourth-order valence-corrected chi connectivity index (χ4v) is 2.33. The van der Waals surface area contributed by atoms with Crippen LogP contribution in [0.4, 0.5) is 0 Å². The number of aliphatic hydroxyl groups is 1. The van der Waals surface area contributed by atoms with Crippen molar-refractivity contribution in [1.29, 1.82) is 0 Å². The number of aliphatic hydroxyl groups excluding tert-OH is 1. The van der Waals surface area contributed by atoms with Gasteiger partial charge in [-0.05, 0) is 6.92 Å².